The molecule has 234 valence electrons. The lowest BCUT2D eigenvalue weighted by molar-refractivity contribution is -0.313. The molecule has 5 aliphatic rings. The molecule has 0 amide bonds. The predicted octanol–water partition coefficient (Wildman–Crippen LogP) is 5.63. The van der Waals surface area contributed by atoms with E-state index in [1.165, 1.54) is 37.7 Å². The van der Waals surface area contributed by atoms with Crippen LogP contribution in [-0.2, 0) is 9.47 Å². The van der Waals surface area contributed by atoms with E-state index in [9.17, 15) is 20.4 Å². The Bertz CT molecular complexity index is 960. The van der Waals surface area contributed by atoms with Crippen LogP contribution in [-0.4, -0.2) is 63.8 Å². The van der Waals surface area contributed by atoms with Crippen molar-refractivity contribution in [3.05, 3.63) is 23.8 Å². The summed E-state index contributed by atoms with van der Waals surface area (Å²) < 4.78 is 11.9. The second kappa shape index (κ2) is 12.3. The van der Waals surface area contributed by atoms with E-state index in [1.807, 2.05) is 0 Å². The minimum atomic E-state index is -1.40. The summed E-state index contributed by atoms with van der Waals surface area (Å²) in [6.45, 7) is 14.2. The Balaban J connectivity index is 1.26. The summed E-state index contributed by atoms with van der Waals surface area (Å²) >= 11 is 0. The van der Waals surface area contributed by atoms with E-state index in [0.717, 1.165) is 43.4 Å². The van der Waals surface area contributed by atoms with Gasteiger partial charge in [-0.1, -0.05) is 65.3 Å². The normalized spacial score (nSPS) is 47.9. The fourth-order valence-electron chi connectivity index (χ4n) is 10.3. The summed E-state index contributed by atoms with van der Waals surface area (Å²) in [7, 11) is 0. The van der Waals surface area contributed by atoms with Gasteiger partial charge in [-0.2, -0.15) is 0 Å². The molecule has 0 spiro atoms. The summed E-state index contributed by atoms with van der Waals surface area (Å²) in [6.07, 6.45) is 11.9. The molecule has 1 saturated heterocycles. The first-order valence-corrected chi connectivity index (χ1v) is 16.8. The van der Waals surface area contributed by atoms with Crippen LogP contribution in [0.5, 0.6) is 0 Å². The van der Waals surface area contributed by atoms with Gasteiger partial charge < -0.3 is 29.9 Å². The van der Waals surface area contributed by atoms with Crippen LogP contribution in [0.1, 0.15) is 99.3 Å². The van der Waals surface area contributed by atoms with Crippen molar-refractivity contribution < 1.29 is 29.9 Å². The molecule has 0 unspecified atom stereocenters. The molecule has 0 bridgehead atoms. The second-order valence-electron chi connectivity index (χ2n) is 15.2. The molecule has 6 nitrogen and oxygen atoms in total. The lowest BCUT2D eigenvalue weighted by atomic mass is 9.47. The standard InChI is InChI=1S/C35H58O6/c1-7-22(20(2)3)9-8-21(4)26-12-13-27-25-11-10-23-18-24(14-16-34(23,5)28(25)15-17-35(26,27)6)40-33-32(39)31(38)30(37)29(19-36)41-33/h8-10,20-22,24-33,36-39H,7,11-19H2,1-6H3/b9-8+/t21-,22-,24+,25-,26+,27-,28-,29+,30+,31-,32+,33+,34-,35+/m1/s1. The monoisotopic (exact) mass is 574 g/mol. The first-order valence-electron chi connectivity index (χ1n) is 16.8. The number of ether oxygens (including phenoxy) is 2. The molecular formula is C35H58O6. The average Bonchev–Trinajstić information content (AvgIpc) is 3.30. The maximum atomic E-state index is 10.5. The highest BCUT2D eigenvalue weighted by atomic mass is 16.7. The van der Waals surface area contributed by atoms with Crippen LogP contribution in [0.2, 0.25) is 0 Å². The Hall–Kier alpha value is -0.760. The first kappa shape index (κ1) is 31.7. The maximum absolute atomic E-state index is 10.5. The fraction of sp³-hybridized carbons (Fsp3) is 0.886. The zero-order valence-corrected chi connectivity index (χ0v) is 26.4. The summed E-state index contributed by atoms with van der Waals surface area (Å²) in [4.78, 5) is 0. The van der Waals surface area contributed by atoms with E-state index in [0.29, 0.717) is 29.1 Å². The largest absolute Gasteiger partial charge is 0.394 e. The van der Waals surface area contributed by atoms with Gasteiger partial charge >= 0.3 is 0 Å². The Labute approximate surface area is 248 Å². The van der Waals surface area contributed by atoms with Crippen molar-refractivity contribution in [2.24, 2.45) is 52.3 Å². The number of aliphatic hydroxyl groups is 4. The number of rotatable bonds is 8. The Morgan fingerprint density at radius 1 is 0.976 bits per heavy atom. The molecule has 5 rings (SSSR count). The molecule has 41 heavy (non-hydrogen) atoms. The van der Waals surface area contributed by atoms with Crippen LogP contribution < -0.4 is 0 Å². The van der Waals surface area contributed by atoms with Crippen molar-refractivity contribution in [1.29, 1.82) is 0 Å². The quantitative estimate of drug-likeness (QED) is 0.281. The Morgan fingerprint density at radius 3 is 2.41 bits per heavy atom. The molecule has 4 fully saturated rings. The lowest BCUT2D eigenvalue weighted by Crippen LogP contribution is -2.60. The number of allylic oxidation sites excluding steroid dienone is 3. The van der Waals surface area contributed by atoms with Crippen LogP contribution in [0.3, 0.4) is 0 Å². The highest BCUT2D eigenvalue weighted by molar-refractivity contribution is 5.25. The van der Waals surface area contributed by atoms with Crippen LogP contribution in [0.25, 0.3) is 0 Å². The zero-order valence-electron chi connectivity index (χ0n) is 26.4. The second-order valence-corrected chi connectivity index (χ2v) is 15.2. The highest BCUT2D eigenvalue weighted by Crippen LogP contribution is 2.67. The number of fused-ring (bicyclic) bond motifs is 5. The van der Waals surface area contributed by atoms with E-state index < -0.39 is 37.3 Å². The minimum absolute atomic E-state index is 0.109. The lowest BCUT2D eigenvalue weighted by Gasteiger charge is -2.58. The topological polar surface area (TPSA) is 99.4 Å². The van der Waals surface area contributed by atoms with E-state index in [-0.39, 0.29) is 11.5 Å². The van der Waals surface area contributed by atoms with Gasteiger partial charge in [0.1, 0.15) is 24.4 Å². The molecule has 14 atom stereocenters. The Morgan fingerprint density at radius 2 is 1.73 bits per heavy atom. The third-order valence-corrected chi connectivity index (χ3v) is 12.9. The van der Waals surface area contributed by atoms with Crippen LogP contribution in [0, 0.1) is 52.3 Å². The van der Waals surface area contributed by atoms with Crippen LogP contribution >= 0.6 is 0 Å². The van der Waals surface area contributed by atoms with Gasteiger partial charge in [-0.3, -0.25) is 0 Å². The molecule has 4 N–H and O–H groups in total. The van der Waals surface area contributed by atoms with Gasteiger partial charge in [-0.25, -0.2) is 0 Å². The number of hydrogen-bond donors (Lipinski definition) is 4. The molecule has 0 aromatic rings. The molecule has 6 heteroatoms. The third-order valence-electron chi connectivity index (χ3n) is 12.9. The highest BCUT2D eigenvalue weighted by Gasteiger charge is 2.59. The van der Waals surface area contributed by atoms with E-state index in [1.54, 1.807) is 0 Å². The van der Waals surface area contributed by atoms with E-state index in [4.69, 9.17) is 9.47 Å². The van der Waals surface area contributed by atoms with E-state index in [2.05, 4.69) is 59.8 Å². The molecule has 0 aromatic carbocycles. The van der Waals surface area contributed by atoms with Crippen molar-refractivity contribution >= 4 is 0 Å². The summed E-state index contributed by atoms with van der Waals surface area (Å²) in [5.74, 6) is 5.05. The minimum Gasteiger partial charge on any atom is -0.394 e. The maximum Gasteiger partial charge on any atom is 0.186 e. The SMILES string of the molecule is CC[C@H](/C=C/[C@@H](C)[C@@H]1CC[C@@H]2[C@H]3CC=C4C[C@@H](O[C@H]5O[C@@H](CO)[C@H](O)[C@@H](O)[C@@H]5O)CC[C@@]4(C)[C@@H]3CC[C@]21C)C(C)C. The number of hydrogen-bond acceptors (Lipinski definition) is 6. The van der Waals surface area contributed by atoms with Gasteiger partial charge in [0.2, 0.25) is 0 Å². The van der Waals surface area contributed by atoms with Crippen molar-refractivity contribution in [1.82, 2.24) is 0 Å². The molecule has 0 aromatic heterocycles. The summed E-state index contributed by atoms with van der Waals surface area (Å²) in [6, 6.07) is 0. The predicted molar refractivity (Wildman–Crippen MR) is 161 cm³/mol. The van der Waals surface area contributed by atoms with Crippen LogP contribution in [0.15, 0.2) is 23.8 Å². The summed E-state index contributed by atoms with van der Waals surface area (Å²) in [5, 5.41) is 40.4. The van der Waals surface area contributed by atoms with Gasteiger partial charge in [0.05, 0.1) is 12.7 Å². The molecule has 3 saturated carbocycles. The molecular weight excluding hydrogens is 516 g/mol. The van der Waals surface area contributed by atoms with Gasteiger partial charge in [-0.15, -0.1) is 0 Å². The number of aliphatic hydroxyl groups excluding tert-OH is 4. The van der Waals surface area contributed by atoms with Crippen molar-refractivity contribution in [3.63, 3.8) is 0 Å². The smallest absolute Gasteiger partial charge is 0.186 e. The third kappa shape index (κ3) is 5.64. The zero-order chi connectivity index (χ0) is 29.7. The fourth-order valence-corrected chi connectivity index (χ4v) is 10.3. The van der Waals surface area contributed by atoms with Gasteiger partial charge in [0.25, 0.3) is 0 Å². The van der Waals surface area contributed by atoms with Crippen LogP contribution in [0.4, 0.5) is 0 Å². The van der Waals surface area contributed by atoms with Gasteiger partial charge in [0.15, 0.2) is 6.29 Å². The first-order chi connectivity index (χ1) is 19.4. The average molecular weight is 575 g/mol. The van der Waals surface area contributed by atoms with Crippen molar-refractivity contribution in [2.75, 3.05) is 6.61 Å². The molecule has 4 aliphatic carbocycles. The van der Waals surface area contributed by atoms with Gasteiger partial charge in [0, 0.05) is 0 Å². The van der Waals surface area contributed by atoms with Gasteiger partial charge in [-0.05, 0) is 110 Å². The van der Waals surface area contributed by atoms with Crippen molar-refractivity contribution in [3.8, 4) is 0 Å². The molecule has 0 radical (unpaired) electrons. The molecule has 1 heterocycles. The van der Waals surface area contributed by atoms with E-state index >= 15 is 0 Å². The molecule has 1 aliphatic heterocycles. The summed E-state index contributed by atoms with van der Waals surface area (Å²) in [5.41, 5.74) is 2.11. The Kier molecular flexibility index (Phi) is 9.51. The van der Waals surface area contributed by atoms with Crippen molar-refractivity contribution in [2.45, 2.75) is 136 Å².